The van der Waals surface area contributed by atoms with Crippen LogP contribution in [-0.4, -0.2) is 29.9 Å². The molecule has 0 radical (unpaired) electrons. The van der Waals surface area contributed by atoms with E-state index in [0.29, 0.717) is 0 Å². The lowest BCUT2D eigenvalue weighted by molar-refractivity contribution is -0.335. The second-order valence-corrected chi connectivity index (χ2v) is 3.66. The molecule has 0 aliphatic heterocycles. The van der Waals surface area contributed by atoms with Crippen molar-refractivity contribution in [1.82, 2.24) is 0 Å². The first-order valence-corrected chi connectivity index (χ1v) is 4.37. The van der Waals surface area contributed by atoms with Gasteiger partial charge in [0, 0.05) is 6.92 Å². The lowest BCUT2D eigenvalue weighted by atomic mass is 9.88. The fraction of sp³-hybridized carbons (Fsp3) is 0.750. The van der Waals surface area contributed by atoms with Crippen LogP contribution in [0, 0.1) is 0 Å². The summed E-state index contributed by atoms with van der Waals surface area (Å²) in [4.78, 5) is 0. The number of hydrogen-bond donors (Lipinski definition) is 0. The molecule has 0 aromatic rings. The van der Waals surface area contributed by atoms with Gasteiger partial charge in [0.05, 0.1) is 0 Å². The van der Waals surface area contributed by atoms with Gasteiger partial charge in [-0.25, -0.2) is 17.6 Å². The number of hydrogen-bond acceptors (Lipinski definition) is 0. The van der Waals surface area contributed by atoms with Crippen molar-refractivity contribution >= 4 is 0 Å². The minimum absolute atomic E-state index is 0.906. The van der Waals surface area contributed by atoms with Gasteiger partial charge in [-0.1, -0.05) is 0 Å². The van der Waals surface area contributed by atoms with E-state index in [1.807, 2.05) is 0 Å². The van der Waals surface area contributed by atoms with E-state index in [1.165, 1.54) is 0 Å². The second kappa shape index (κ2) is 5.02. The SMILES string of the molecule is CC(F)(F)C(F)(C(F)C(F)(F)C(F)=C(F)F)C(F)(F)F. The van der Waals surface area contributed by atoms with E-state index in [9.17, 15) is 52.7 Å². The largest absolute Gasteiger partial charge is 0.431 e. The van der Waals surface area contributed by atoms with Crippen LogP contribution in [0.3, 0.4) is 0 Å². The monoisotopic (exact) mass is 328 g/mol. The maximum Gasteiger partial charge on any atom is 0.431 e. The summed E-state index contributed by atoms with van der Waals surface area (Å²) >= 11 is 0. The predicted molar refractivity (Wildman–Crippen MR) is 40.7 cm³/mol. The average molecular weight is 328 g/mol. The molecule has 2 atom stereocenters. The van der Waals surface area contributed by atoms with Crippen molar-refractivity contribution in [1.29, 1.82) is 0 Å². The first kappa shape index (κ1) is 18.9. The number of halogens is 12. The molecule has 0 aliphatic carbocycles. The zero-order valence-corrected chi connectivity index (χ0v) is 9.11. The molecule has 2 unspecified atom stereocenters. The van der Waals surface area contributed by atoms with Crippen LogP contribution in [-0.2, 0) is 0 Å². The standard InChI is InChI=1S/C8H4F12/c1-5(13,14)7(17,8(18,19)20)4(12)6(15,16)2(9)3(10)11/h4H,1H3. The second-order valence-electron chi connectivity index (χ2n) is 3.66. The first-order chi connectivity index (χ1) is 8.51. The minimum atomic E-state index is -6.92. The van der Waals surface area contributed by atoms with Crippen LogP contribution in [0.5, 0.6) is 0 Å². The molecule has 0 fully saturated rings. The molecule has 0 saturated carbocycles. The third-order valence-electron chi connectivity index (χ3n) is 2.18. The summed E-state index contributed by atoms with van der Waals surface area (Å²) in [7, 11) is 0. The summed E-state index contributed by atoms with van der Waals surface area (Å²) in [6.45, 7) is -0.906. The van der Waals surface area contributed by atoms with Crippen LogP contribution in [0.2, 0.25) is 0 Å². The van der Waals surface area contributed by atoms with Crippen molar-refractivity contribution < 1.29 is 52.7 Å². The van der Waals surface area contributed by atoms with Crippen molar-refractivity contribution in [3.63, 3.8) is 0 Å². The third kappa shape index (κ3) is 2.82. The van der Waals surface area contributed by atoms with Gasteiger partial charge in [-0.2, -0.15) is 35.1 Å². The van der Waals surface area contributed by atoms with Gasteiger partial charge in [0.1, 0.15) is 0 Å². The van der Waals surface area contributed by atoms with Crippen LogP contribution in [0.4, 0.5) is 52.7 Å². The minimum Gasteiger partial charge on any atom is -0.236 e. The van der Waals surface area contributed by atoms with Crippen molar-refractivity contribution in [3.05, 3.63) is 11.9 Å². The molecular formula is C8H4F12. The molecule has 0 aliphatic rings. The predicted octanol–water partition coefficient (Wildman–Crippen LogP) is 4.96. The van der Waals surface area contributed by atoms with Gasteiger partial charge < -0.3 is 0 Å². The Morgan fingerprint density at radius 2 is 1.15 bits per heavy atom. The Bertz CT molecular complexity index is 367. The average Bonchev–Trinajstić information content (AvgIpc) is 2.22. The van der Waals surface area contributed by atoms with Gasteiger partial charge in [0.2, 0.25) is 12.0 Å². The quantitative estimate of drug-likeness (QED) is 0.640. The van der Waals surface area contributed by atoms with Crippen molar-refractivity contribution in [2.45, 2.75) is 36.8 Å². The molecule has 0 bridgehead atoms. The van der Waals surface area contributed by atoms with Gasteiger partial charge in [-0.05, 0) is 0 Å². The summed E-state index contributed by atoms with van der Waals surface area (Å²) in [6.07, 6.45) is -16.5. The topological polar surface area (TPSA) is 0 Å². The molecule has 0 amide bonds. The molecule has 0 aromatic heterocycles. The maximum absolute atomic E-state index is 13.2. The fourth-order valence-electron chi connectivity index (χ4n) is 1.10. The Balaban J connectivity index is 6.09. The van der Waals surface area contributed by atoms with Crippen molar-refractivity contribution in [2.24, 2.45) is 0 Å². The molecule has 0 rings (SSSR count). The number of rotatable bonds is 4. The normalized spacial score (nSPS) is 18.4. The summed E-state index contributed by atoms with van der Waals surface area (Å²) < 4.78 is 148. The van der Waals surface area contributed by atoms with Crippen LogP contribution in [0.15, 0.2) is 11.9 Å². The molecule has 120 valence electrons. The molecule has 0 nitrogen and oxygen atoms in total. The molecular weight excluding hydrogens is 324 g/mol. The van der Waals surface area contributed by atoms with E-state index in [2.05, 4.69) is 0 Å². The van der Waals surface area contributed by atoms with Crippen LogP contribution in [0.25, 0.3) is 0 Å². The summed E-state index contributed by atoms with van der Waals surface area (Å²) in [5.74, 6) is -16.3. The zero-order valence-electron chi connectivity index (χ0n) is 9.11. The van der Waals surface area contributed by atoms with E-state index in [1.54, 1.807) is 0 Å². The van der Waals surface area contributed by atoms with Crippen molar-refractivity contribution in [2.75, 3.05) is 0 Å². The van der Waals surface area contributed by atoms with E-state index >= 15 is 0 Å². The highest BCUT2D eigenvalue weighted by molar-refractivity contribution is 5.17. The highest BCUT2D eigenvalue weighted by atomic mass is 19.4. The molecule has 0 spiro atoms. The molecule has 0 aromatic carbocycles. The smallest absolute Gasteiger partial charge is 0.236 e. The van der Waals surface area contributed by atoms with E-state index in [4.69, 9.17) is 0 Å². The Morgan fingerprint density at radius 3 is 1.35 bits per heavy atom. The molecule has 20 heavy (non-hydrogen) atoms. The Morgan fingerprint density at radius 1 is 0.800 bits per heavy atom. The Hall–Kier alpha value is -1.10. The van der Waals surface area contributed by atoms with Gasteiger partial charge >= 0.3 is 23.8 Å². The molecule has 0 N–H and O–H groups in total. The van der Waals surface area contributed by atoms with Crippen LogP contribution in [0.1, 0.15) is 6.92 Å². The zero-order chi connectivity index (χ0) is 16.7. The van der Waals surface area contributed by atoms with E-state index < -0.39 is 48.7 Å². The number of alkyl halides is 9. The van der Waals surface area contributed by atoms with E-state index in [-0.39, 0.29) is 0 Å². The van der Waals surface area contributed by atoms with Gasteiger partial charge in [-0.15, -0.1) is 0 Å². The fourth-order valence-corrected chi connectivity index (χ4v) is 1.10. The lowest BCUT2D eigenvalue weighted by Crippen LogP contribution is -2.64. The van der Waals surface area contributed by atoms with E-state index in [0.717, 1.165) is 0 Å². The molecule has 0 saturated heterocycles. The summed E-state index contributed by atoms with van der Waals surface area (Å²) in [6, 6.07) is 0. The molecule has 0 heterocycles. The van der Waals surface area contributed by atoms with Crippen molar-refractivity contribution in [3.8, 4) is 0 Å². The summed E-state index contributed by atoms with van der Waals surface area (Å²) in [5, 5.41) is 0. The van der Waals surface area contributed by atoms with Gasteiger partial charge in [0.15, 0.2) is 0 Å². The first-order valence-electron chi connectivity index (χ1n) is 4.37. The Labute approximate surface area is 103 Å². The highest BCUT2D eigenvalue weighted by Crippen LogP contribution is 2.53. The van der Waals surface area contributed by atoms with Gasteiger partial charge in [-0.3, -0.25) is 0 Å². The van der Waals surface area contributed by atoms with Gasteiger partial charge in [0.25, 0.3) is 5.92 Å². The molecule has 12 heteroatoms. The van der Waals surface area contributed by atoms with Crippen LogP contribution < -0.4 is 0 Å². The highest BCUT2D eigenvalue weighted by Gasteiger charge is 2.79. The summed E-state index contributed by atoms with van der Waals surface area (Å²) in [5.41, 5.74) is -6.57. The third-order valence-corrected chi connectivity index (χ3v) is 2.18. The van der Waals surface area contributed by atoms with Crippen LogP contribution >= 0.6 is 0 Å². The Kier molecular flexibility index (Phi) is 4.75. The number of allylic oxidation sites excluding steroid dienone is 1. The lowest BCUT2D eigenvalue weighted by Gasteiger charge is -2.37. The maximum atomic E-state index is 13.2.